The van der Waals surface area contributed by atoms with Crippen molar-refractivity contribution in [3.8, 4) is 5.75 Å². The summed E-state index contributed by atoms with van der Waals surface area (Å²) in [7, 11) is -4.28. The van der Waals surface area contributed by atoms with E-state index in [1.54, 1.807) is 29.1 Å². The fraction of sp³-hybridized carbons (Fsp3) is 0.105. The first-order valence-corrected chi connectivity index (χ1v) is 9.89. The molecule has 0 saturated heterocycles. The van der Waals surface area contributed by atoms with E-state index in [9.17, 15) is 26.4 Å². The summed E-state index contributed by atoms with van der Waals surface area (Å²) in [5.41, 5.74) is 0.942. The maximum Gasteiger partial charge on any atom is 0.416 e. The van der Waals surface area contributed by atoms with Crippen LogP contribution in [0.1, 0.15) is 21.9 Å². The number of hydrogen-bond donors (Lipinski definition) is 2. The Morgan fingerprint density at radius 1 is 0.967 bits per heavy atom. The molecule has 2 aromatic carbocycles. The van der Waals surface area contributed by atoms with Gasteiger partial charge in [0.2, 0.25) is 0 Å². The van der Waals surface area contributed by atoms with Crippen molar-refractivity contribution in [3.05, 3.63) is 83.8 Å². The Kier molecular flexibility index (Phi) is 6.13. The molecular weight excluding hydrogens is 425 g/mol. The molecule has 3 aromatic rings. The second kappa shape index (κ2) is 8.59. The van der Waals surface area contributed by atoms with Crippen LogP contribution in [0.3, 0.4) is 0 Å². The van der Waals surface area contributed by atoms with Gasteiger partial charge in [-0.3, -0.25) is 10.2 Å². The van der Waals surface area contributed by atoms with Crippen molar-refractivity contribution < 1.29 is 35.5 Å². The molecule has 0 aliphatic carbocycles. The molecule has 0 saturated carbocycles. The van der Waals surface area contributed by atoms with Crippen molar-refractivity contribution in [2.75, 3.05) is 0 Å². The largest absolute Gasteiger partial charge is 0.486 e. The Hall–Kier alpha value is -3.31. The van der Waals surface area contributed by atoms with Crippen LogP contribution in [0.4, 0.5) is 13.2 Å². The van der Waals surface area contributed by atoms with Gasteiger partial charge in [0.05, 0.1) is 10.5 Å². The summed E-state index contributed by atoms with van der Waals surface area (Å²) >= 11 is 0. The van der Waals surface area contributed by atoms with Crippen LogP contribution in [0, 0.1) is 0 Å². The smallest absolute Gasteiger partial charge is 0.416 e. The van der Waals surface area contributed by atoms with Crippen molar-refractivity contribution in [3.63, 3.8) is 0 Å². The molecule has 1 aromatic heterocycles. The fourth-order valence-corrected chi connectivity index (χ4v) is 3.15. The summed E-state index contributed by atoms with van der Waals surface area (Å²) < 4.78 is 72.7. The summed E-state index contributed by atoms with van der Waals surface area (Å²) in [5.74, 6) is -0.146. The highest BCUT2D eigenvalue weighted by Gasteiger charge is 2.30. The van der Waals surface area contributed by atoms with Gasteiger partial charge in [-0.2, -0.15) is 13.2 Å². The summed E-state index contributed by atoms with van der Waals surface area (Å²) in [6.07, 6.45) is -4.59. The Labute approximate surface area is 169 Å². The van der Waals surface area contributed by atoms with Gasteiger partial charge in [0, 0.05) is 0 Å². The van der Waals surface area contributed by atoms with Gasteiger partial charge >= 0.3 is 12.1 Å². The number of furan rings is 1. The Bertz CT molecular complexity index is 1110. The molecule has 0 bridgehead atoms. The van der Waals surface area contributed by atoms with Crippen LogP contribution in [-0.2, 0) is 22.8 Å². The molecule has 1 amide bonds. The minimum Gasteiger partial charge on any atom is -0.486 e. The fourth-order valence-electron chi connectivity index (χ4n) is 2.31. The van der Waals surface area contributed by atoms with Crippen LogP contribution in [0.2, 0.25) is 0 Å². The van der Waals surface area contributed by atoms with Crippen molar-refractivity contribution in [2.24, 2.45) is 0 Å². The topological polar surface area (TPSA) is 97.6 Å². The maximum atomic E-state index is 12.6. The number of ether oxygens (including phenoxy) is 1. The van der Waals surface area contributed by atoms with Crippen molar-refractivity contribution in [2.45, 2.75) is 17.7 Å². The molecule has 0 radical (unpaired) electrons. The van der Waals surface area contributed by atoms with Crippen molar-refractivity contribution in [1.82, 2.24) is 10.3 Å². The Morgan fingerprint density at radius 3 is 2.27 bits per heavy atom. The number of rotatable bonds is 7. The second-order valence-corrected chi connectivity index (χ2v) is 7.63. The molecule has 7 nitrogen and oxygen atoms in total. The number of halogens is 3. The number of benzene rings is 2. The van der Waals surface area contributed by atoms with Crippen molar-refractivity contribution >= 4 is 15.9 Å². The van der Waals surface area contributed by atoms with Gasteiger partial charge in [-0.05, 0) is 48.5 Å². The molecule has 3 rings (SSSR count). The first kappa shape index (κ1) is 21.4. The van der Waals surface area contributed by atoms with Gasteiger partial charge in [-0.15, -0.1) is 4.83 Å². The van der Waals surface area contributed by atoms with Gasteiger partial charge in [0.1, 0.15) is 18.1 Å². The molecule has 0 fully saturated rings. The van der Waals surface area contributed by atoms with Gasteiger partial charge in [-0.1, -0.05) is 18.2 Å². The van der Waals surface area contributed by atoms with E-state index >= 15 is 0 Å². The van der Waals surface area contributed by atoms with Crippen LogP contribution < -0.4 is 15.0 Å². The highest BCUT2D eigenvalue weighted by atomic mass is 32.2. The number of hydrazine groups is 1. The number of sulfonamides is 1. The van der Waals surface area contributed by atoms with E-state index in [4.69, 9.17) is 9.15 Å². The molecule has 0 unspecified atom stereocenters. The second-order valence-electron chi connectivity index (χ2n) is 5.95. The van der Waals surface area contributed by atoms with E-state index in [-0.39, 0.29) is 12.4 Å². The molecular formula is C19H15F3N2O5S. The van der Waals surface area contributed by atoms with Gasteiger partial charge < -0.3 is 9.15 Å². The van der Waals surface area contributed by atoms with E-state index < -0.39 is 32.6 Å². The third kappa shape index (κ3) is 5.39. The van der Waals surface area contributed by atoms with E-state index in [0.29, 0.717) is 23.6 Å². The van der Waals surface area contributed by atoms with Crippen molar-refractivity contribution in [1.29, 1.82) is 0 Å². The average Bonchev–Trinajstić information content (AvgIpc) is 3.20. The first-order valence-electron chi connectivity index (χ1n) is 8.41. The third-order valence-electron chi connectivity index (χ3n) is 3.80. The highest BCUT2D eigenvalue weighted by Crippen LogP contribution is 2.29. The van der Waals surface area contributed by atoms with E-state index in [0.717, 1.165) is 12.1 Å². The molecule has 2 N–H and O–H groups in total. The Balaban J connectivity index is 1.57. The van der Waals surface area contributed by atoms with Gasteiger partial charge in [0.15, 0.2) is 5.76 Å². The van der Waals surface area contributed by atoms with E-state index in [2.05, 4.69) is 0 Å². The lowest BCUT2D eigenvalue weighted by atomic mass is 10.2. The summed E-state index contributed by atoms with van der Waals surface area (Å²) in [4.78, 5) is 13.4. The molecule has 0 atom stereocenters. The zero-order valence-corrected chi connectivity index (χ0v) is 16.0. The SMILES string of the molecule is O=C(NNS(=O)(=O)c1ccc(C(F)(F)F)cc1)c1ccc(COc2ccccc2)o1. The summed E-state index contributed by atoms with van der Waals surface area (Å²) in [5, 5.41) is 0. The third-order valence-corrected chi connectivity index (χ3v) is 5.06. The lowest BCUT2D eigenvalue weighted by molar-refractivity contribution is -0.137. The predicted molar refractivity (Wildman–Crippen MR) is 98.7 cm³/mol. The zero-order valence-electron chi connectivity index (χ0n) is 15.1. The van der Waals surface area contributed by atoms with E-state index in [1.165, 1.54) is 12.1 Å². The monoisotopic (exact) mass is 440 g/mol. The number of amides is 1. The molecule has 0 aliphatic heterocycles. The van der Waals surface area contributed by atoms with Crippen LogP contribution in [0.5, 0.6) is 5.75 Å². The number of para-hydroxylation sites is 1. The average molecular weight is 440 g/mol. The quantitative estimate of drug-likeness (QED) is 0.548. The predicted octanol–water partition coefficient (Wildman–Crippen LogP) is 3.50. The van der Waals surface area contributed by atoms with Crippen LogP contribution in [0.25, 0.3) is 0 Å². The minimum atomic E-state index is -4.59. The molecule has 158 valence electrons. The molecule has 1 heterocycles. The summed E-state index contributed by atoms with van der Waals surface area (Å²) in [6, 6.07) is 14.5. The lowest BCUT2D eigenvalue weighted by Crippen LogP contribution is -2.41. The number of alkyl halides is 3. The Morgan fingerprint density at radius 2 is 1.63 bits per heavy atom. The summed E-state index contributed by atoms with van der Waals surface area (Å²) in [6.45, 7) is 0.0502. The maximum absolute atomic E-state index is 12.6. The molecule has 11 heteroatoms. The number of hydrogen-bond acceptors (Lipinski definition) is 5. The normalized spacial score (nSPS) is 11.8. The number of nitrogens with one attached hydrogen (secondary N) is 2. The zero-order chi connectivity index (χ0) is 21.8. The number of carbonyl (C=O) groups excluding carboxylic acids is 1. The van der Waals surface area contributed by atoms with E-state index in [1.807, 2.05) is 11.5 Å². The van der Waals surface area contributed by atoms with Gasteiger partial charge in [0.25, 0.3) is 10.0 Å². The minimum absolute atomic E-state index is 0.0502. The molecule has 0 spiro atoms. The molecule has 0 aliphatic rings. The molecule has 30 heavy (non-hydrogen) atoms. The van der Waals surface area contributed by atoms with Crippen LogP contribution in [-0.4, -0.2) is 14.3 Å². The first-order chi connectivity index (χ1) is 14.1. The standard InChI is InChI=1S/C19H15F3N2O5S/c20-19(21,22)13-6-9-16(10-7-13)30(26,27)24-23-18(25)17-11-8-15(29-17)12-28-14-4-2-1-3-5-14/h1-11,24H,12H2,(H,23,25). The van der Waals surface area contributed by atoms with Crippen LogP contribution in [0.15, 0.2) is 76.0 Å². The number of carbonyl (C=O) groups is 1. The highest BCUT2D eigenvalue weighted by molar-refractivity contribution is 7.89. The van der Waals surface area contributed by atoms with Crippen LogP contribution >= 0.6 is 0 Å². The van der Waals surface area contributed by atoms with Gasteiger partial charge in [-0.25, -0.2) is 8.42 Å². The lowest BCUT2D eigenvalue weighted by Gasteiger charge is -2.09.